The van der Waals surface area contributed by atoms with Crippen molar-refractivity contribution in [2.24, 2.45) is 20.4 Å². The van der Waals surface area contributed by atoms with Gasteiger partial charge in [0.15, 0.2) is 0 Å². The lowest BCUT2D eigenvalue weighted by Crippen LogP contribution is -2.27. The number of fused-ring (bicyclic) bond motifs is 5. The number of allylic oxidation sites excluding steroid dienone is 9. The van der Waals surface area contributed by atoms with Crippen molar-refractivity contribution in [3.05, 3.63) is 92.0 Å². The SMILES string of the molecule is CCC1=C(CC)C2=NC1=CC1=C(O)C(CC)(CC)C(=CC3=NC(=CC4=NC(=C2)C(CC)=C4CN(CC)CC)C(CC)=C3CC)N1. The third kappa shape index (κ3) is 5.49. The molecule has 5 aliphatic rings. The molecule has 0 aromatic heterocycles. The van der Waals surface area contributed by atoms with Gasteiger partial charge in [0.05, 0.1) is 45.3 Å². The molecule has 6 nitrogen and oxygen atoms in total. The van der Waals surface area contributed by atoms with Gasteiger partial charge in [0, 0.05) is 12.2 Å². The minimum atomic E-state index is -0.490. The molecule has 2 N–H and O–H groups in total. The first-order valence-corrected chi connectivity index (χ1v) is 17.5. The summed E-state index contributed by atoms with van der Waals surface area (Å²) in [5.74, 6) is 0.403. The molecule has 0 atom stereocenters. The number of nitrogens with zero attached hydrogens (tertiary/aromatic N) is 4. The zero-order valence-electron chi connectivity index (χ0n) is 29.1. The number of likely N-dealkylation sites (N-methyl/N-ethyl adjacent to an activating group) is 1. The van der Waals surface area contributed by atoms with E-state index in [1.54, 1.807) is 0 Å². The second-order valence-electron chi connectivity index (χ2n) is 12.4. The summed E-state index contributed by atoms with van der Waals surface area (Å²) in [6, 6.07) is 0. The fraction of sp³-hybridized carbons (Fsp3) is 0.513. The van der Waals surface area contributed by atoms with Crippen LogP contribution in [-0.2, 0) is 0 Å². The maximum atomic E-state index is 11.8. The molecule has 5 aliphatic heterocycles. The van der Waals surface area contributed by atoms with E-state index in [0.29, 0.717) is 5.76 Å². The van der Waals surface area contributed by atoms with Crippen LogP contribution < -0.4 is 5.32 Å². The van der Waals surface area contributed by atoms with Gasteiger partial charge in [-0.2, -0.15) is 0 Å². The number of hydrogen-bond donors (Lipinski definition) is 2. The van der Waals surface area contributed by atoms with Crippen molar-refractivity contribution in [3.63, 3.8) is 0 Å². The molecular formula is C39H53N5O. The van der Waals surface area contributed by atoms with Gasteiger partial charge in [0.2, 0.25) is 0 Å². The van der Waals surface area contributed by atoms with E-state index in [1.165, 1.54) is 33.4 Å². The van der Waals surface area contributed by atoms with Crippen LogP contribution in [0.25, 0.3) is 0 Å². The normalized spacial score (nSPS) is 20.9. The molecule has 8 bridgehead atoms. The van der Waals surface area contributed by atoms with Gasteiger partial charge in [0.1, 0.15) is 5.76 Å². The number of hydrogen-bond acceptors (Lipinski definition) is 6. The molecule has 0 saturated carbocycles. The highest BCUT2D eigenvalue weighted by molar-refractivity contribution is 6.18. The predicted octanol–water partition coefficient (Wildman–Crippen LogP) is 9.36. The quantitative estimate of drug-likeness (QED) is 0.246. The third-order valence-corrected chi connectivity index (χ3v) is 10.5. The zero-order valence-corrected chi connectivity index (χ0v) is 29.1. The van der Waals surface area contributed by atoms with Crippen LogP contribution in [0.15, 0.2) is 107 Å². The molecule has 0 fully saturated rings. The molecule has 0 radical (unpaired) electrons. The molecular weight excluding hydrogens is 554 g/mol. The Hall–Kier alpha value is -3.51. The molecule has 0 unspecified atom stereocenters. The lowest BCUT2D eigenvalue weighted by molar-refractivity contribution is 0.250. The molecule has 0 aliphatic carbocycles. The van der Waals surface area contributed by atoms with Crippen LogP contribution in [-0.4, -0.2) is 46.8 Å². The first-order chi connectivity index (χ1) is 21.8. The number of aliphatic hydroxyl groups is 1. The summed E-state index contributed by atoms with van der Waals surface area (Å²) < 4.78 is 0. The van der Waals surface area contributed by atoms with Crippen molar-refractivity contribution < 1.29 is 5.11 Å². The molecule has 0 amide bonds. The molecule has 0 aromatic carbocycles. The van der Waals surface area contributed by atoms with E-state index in [-0.39, 0.29) is 0 Å². The standard InChI is InChI=1S/C39H53N5O/c1-10-24-25(11-2)33-21-36-38(45)39(15-6,16-7)37(43-36)22-35-27(13-4)26(12-3)31(42-35)20-34-29(23-44(17-8)18-9)28(14-5)32(41-34)19-30(24)40-33/h19-22,43,45H,10-18,23H2,1-9H3. The number of rotatable bonds is 11. The highest BCUT2D eigenvalue weighted by Gasteiger charge is 2.43. The first kappa shape index (κ1) is 32.9. The van der Waals surface area contributed by atoms with E-state index >= 15 is 0 Å². The minimum absolute atomic E-state index is 0.403. The van der Waals surface area contributed by atoms with Crippen LogP contribution >= 0.6 is 0 Å². The van der Waals surface area contributed by atoms with Crippen molar-refractivity contribution in [3.8, 4) is 0 Å². The molecule has 0 saturated heterocycles. The van der Waals surface area contributed by atoms with Gasteiger partial charge in [-0.15, -0.1) is 0 Å². The Morgan fingerprint density at radius 1 is 0.578 bits per heavy atom. The average molecular weight is 608 g/mol. The molecule has 0 spiro atoms. The summed E-state index contributed by atoms with van der Waals surface area (Å²) in [7, 11) is 0. The van der Waals surface area contributed by atoms with Crippen molar-refractivity contribution in [1.29, 1.82) is 0 Å². The van der Waals surface area contributed by atoms with E-state index in [2.05, 4.69) is 96.8 Å². The molecule has 5 heterocycles. The Morgan fingerprint density at radius 2 is 1.00 bits per heavy atom. The maximum absolute atomic E-state index is 11.8. The van der Waals surface area contributed by atoms with Gasteiger partial charge in [-0.05, 0) is 116 Å². The molecule has 6 heteroatoms. The summed E-state index contributed by atoms with van der Waals surface area (Å²) in [5, 5.41) is 15.5. The van der Waals surface area contributed by atoms with Gasteiger partial charge in [-0.1, -0.05) is 62.3 Å². The summed E-state index contributed by atoms with van der Waals surface area (Å²) in [6.07, 6.45) is 14.8. The van der Waals surface area contributed by atoms with Crippen LogP contribution in [0.4, 0.5) is 0 Å². The van der Waals surface area contributed by atoms with Crippen LogP contribution in [0.2, 0.25) is 0 Å². The Balaban J connectivity index is 1.85. The predicted molar refractivity (Wildman–Crippen MR) is 191 cm³/mol. The van der Waals surface area contributed by atoms with Crippen LogP contribution in [0.5, 0.6) is 0 Å². The van der Waals surface area contributed by atoms with Crippen molar-refractivity contribution in [2.45, 2.75) is 107 Å². The van der Waals surface area contributed by atoms with Crippen LogP contribution in [0, 0.1) is 5.41 Å². The highest BCUT2D eigenvalue weighted by Crippen LogP contribution is 2.47. The Kier molecular flexibility index (Phi) is 9.83. The van der Waals surface area contributed by atoms with Gasteiger partial charge in [-0.25, -0.2) is 15.0 Å². The summed E-state index contributed by atoms with van der Waals surface area (Å²) in [6.45, 7) is 22.8. The van der Waals surface area contributed by atoms with Crippen molar-refractivity contribution in [2.75, 3.05) is 19.6 Å². The summed E-state index contributed by atoms with van der Waals surface area (Å²) in [5.41, 5.74) is 14.9. The second-order valence-corrected chi connectivity index (χ2v) is 12.4. The third-order valence-electron chi connectivity index (χ3n) is 10.5. The fourth-order valence-corrected chi connectivity index (χ4v) is 7.74. The fourth-order valence-electron chi connectivity index (χ4n) is 7.74. The van der Waals surface area contributed by atoms with Crippen LogP contribution in [0.1, 0.15) is 107 Å². The van der Waals surface area contributed by atoms with Gasteiger partial charge in [0.25, 0.3) is 0 Å². The highest BCUT2D eigenvalue weighted by atomic mass is 16.3. The molecule has 0 aromatic rings. The maximum Gasteiger partial charge on any atom is 0.128 e. The van der Waals surface area contributed by atoms with E-state index in [0.717, 1.165) is 110 Å². The molecule has 240 valence electrons. The summed E-state index contributed by atoms with van der Waals surface area (Å²) >= 11 is 0. The Labute approximate surface area is 271 Å². The van der Waals surface area contributed by atoms with Gasteiger partial charge >= 0.3 is 0 Å². The Bertz CT molecular complexity index is 1600. The minimum Gasteiger partial charge on any atom is -0.509 e. The Morgan fingerprint density at radius 3 is 1.44 bits per heavy atom. The number of aliphatic hydroxyl groups excluding tert-OH is 1. The molecule has 45 heavy (non-hydrogen) atoms. The lowest BCUT2D eigenvalue weighted by Gasteiger charge is -2.28. The number of nitrogens with one attached hydrogen (secondary N) is 1. The van der Waals surface area contributed by atoms with Crippen molar-refractivity contribution >= 4 is 17.1 Å². The van der Waals surface area contributed by atoms with E-state index in [1.807, 2.05) is 0 Å². The van der Waals surface area contributed by atoms with Crippen molar-refractivity contribution in [1.82, 2.24) is 10.2 Å². The monoisotopic (exact) mass is 607 g/mol. The lowest BCUT2D eigenvalue weighted by atomic mass is 9.78. The number of aliphatic imine (C=N–C) groups is 3. The second kappa shape index (κ2) is 13.5. The van der Waals surface area contributed by atoms with E-state index in [4.69, 9.17) is 15.0 Å². The van der Waals surface area contributed by atoms with Crippen LogP contribution in [0.3, 0.4) is 0 Å². The smallest absolute Gasteiger partial charge is 0.128 e. The average Bonchev–Trinajstić information content (AvgIpc) is 3.74. The van der Waals surface area contributed by atoms with Gasteiger partial charge in [-0.3, -0.25) is 4.90 Å². The first-order valence-electron chi connectivity index (χ1n) is 17.5. The molecule has 5 rings (SSSR count). The zero-order chi connectivity index (χ0) is 32.5. The summed E-state index contributed by atoms with van der Waals surface area (Å²) in [4.78, 5) is 18.4. The van der Waals surface area contributed by atoms with Gasteiger partial charge < -0.3 is 10.4 Å². The largest absolute Gasteiger partial charge is 0.509 e. The van der Waals surface area contributed by atoms with E-state index in [9.17, 15) is 5.11 Å². The van der Waals surface area contributed by atoms with E-state index < -0.39 is 5.41 Å². The topological polar surface area (TPSA) is 72.6 Å².